The van der Waals surface area contributed by atoms with Crippen molar-refractivity contribution in [2.24, 2.45) is 7.05 Å². The van der Waals surface area contributed by atoms with Crippen LogP contribution in [0.5, 0.6) is 17.2 Å². The molecule has 3 aromatic carbocycles. The van der Waals surface area contributed by atoms with Crippen LogP contribution >= 0.6 is 0 Å². The van der Waals surface area contributed by atoms with Gasteiger partial charge in [0.1, 0.15) is 19.0 Å². The van der Waals surface area contributed by atoms with Gasteiger partial charge >= 0.3 is 0 Å². The Morgan fingerprint density at radius 1 is 0.828 bits per heavy atom. The molecule has 1 aromatic heterocycles. The average molecular weight is 387 g/mol. The lowest BCUT2D eigenvalue weighted by molar-refractivity contribution is 0.290. The summed E-state index contributed by atoms with van der Waals surface area (Å²) in [6.07, 6.45) is 0. The van der Waals surface area contributed by atoms with Crippen LogP contribution in [0.2, 0.25) is 0 Å². The maximum atomic E-state index is 12.5. The third-order valence-corrected chi connectivity index (χ3v) is 4.77. The first-order valence-electron chi connectivity index (χ1n) is 9.32. The van der Waals surface area contributed by atoms with Gasteiger partial charge in [0.2, 0.25) is 5.75 Å². The van der Waals surface area contributed by atoms with Crippen LogP contribution in [0.4, 0.5) is 0 Å². The van der Waals surface area contributed by atoms with Gasteiger partial charge in [-0.1, -0.05) is 60.7 Å². The van der Waals surface area contributed by atoms with Crippen molar-refractivity contribution in [3.8, 4) is 17.2 Å². The second-order valence-electron chi connectivity index (χ2n) is 6.77. The van der Waals surface area contributed by atoms with E-state index >= 15 is 0 Å². The minimum Gasteiger partial charge on any atom is -0.500 e. The second kappa shape index (κ2) is 8.10. The van der Waals surface area contributed by atoms with Crippen molar-refractivity contribution in [3.05, 3.63) is 100 Å². The molecule has 29 heavy (non-hydrogen) atoms. The molecule has 0 fully saturated rings. The van der Waals surface area contributed by atoms with Gasteiger partial charge in [-0.2, -0.15) is 0 Å². The molecule has 5 heteroatoms. The number of aromatic nitrogens is 1. The molecule has 0 aliphatic heterocycles. The summed E-state index contributed by atoms with van der Waals surface area (Å²) in [5.74, 6) is 0.423. The van der Waals surface area contributed by atoms with Crippen LogP contribution in [0.25, 0.3) is 10.9 Å². The number of hydrogen-bond donors (Lipinski definition) is 1. The predicted molar refractivity (Wildman–Crippen MR) is 112 cm³/mol. The standard InChI is InChI=1S/C24H21NO4/c1-25-21-14-19(28-15-17-8-4-2-5-9-17)12-13-20(21)23(22(26)24(25)27)29-16-18-10-6-3-7-11-18/h2-14,26H,15-16H2,1H3. The predicted octanol–water partition coefficient (Wildman–Crippen LogP) is 4.40. The van der Waals surface area contributed by atoms with Gasteiger partial charge in [0.05, 0.1) is 5.52 Å². The van der Waals surface area contributed by atoms with Crippen LogP contribution in [0.15, 0.2) is 83.7 Å². The molecule has 0 bridgehead atoms. The van der Waals surface area contributed by atoms with Crippen LogP contribution in [0.3, 0.4) is 0 Å². The molecule has 0 spiro atoms. The van der Waals surface area contributed by atoms with E-state index in [1.807, 2.05) is 66.7 Å². The van der Waals surface area contributed by atoms with Crippen molar-refractivity contribution in [1.82, 2.24) is 4.57 Å². The second-order valence-corrected chi connectivity index (χ2v) is 6.77. The molecule has 1 heterocycles. The minimum absolute atomic E-state index is 0.182. The van der Waals surface area contributed by atoms with E-state index in [1.165, 1.54) is 4.57 Å². The summed E-state index contributed by atoms with van der Waals surface area (Å²) in [5.41, 5.74) is 2.12. The van der Waals surface area contributed by atoms with Crippen LogP contribution in [-0.2, 0) is 20.3 Å². The summed E-state index contributed by atoms with van der Waals surface area (Å²) in [6.45, 7) is 0.679. The third-order valence-electron chi connectivity index (χ3n) is 4.77. The zero-order valence-corrected chi connectivity index (χ0v) is 16.0. The fourth-order valence-corrected chi connectivity index (χ4v) is 3.18. The normalized spacial score (nSPS) is 10.8. The number of rotatable bonds is 6. The van der Waals surface area contributed by atoms with Crippen molar-refractivity contribution < 1.29 is 14.6 Å². The lowest BCUT2D eigenvalue weighted by Crippen LogP contribution is -2.17. The molecule has 0 atom stereocenters. The fraction of sp³-hybridized carbons (Fsp3) is 0.125. The van der Waals surface area contributed by atoms with Crippen molar-refractivity contribution >= 4 is 10.9 Å². The Morgan fingerprint density at radius 3 is 2.03 bits per heavy atom. The summed E-state index contributed by atoms with van der Waals surface area (Å²) in [5, 5.41) is 11.0. The molecule has 0 amide bonds. The van der Waals surface area contributed by atoms with Gasteiger partial charge in [-0.3, -0.25) is 4.79 Å². The maximum absolute atomic E-state index is 12.5. The molecular weight excluding hydrogens is 366 g/mol. The number of pyridine rings is 1. The number of hydrogen-bond acceptors (Lipinski definition) is 4. The molecule has 4 aromatic rings. The van der Waals surface area contributed by atoms with Crippen molar-refractivity contribution in [1.29, 1.82) is 0 Å². The van der Waals surface area contributed by atoms with Gasteiger partial charge < -0.3 is 19.1 Å². The first-order valence-corrected chi connectivity index (χ1v) is 9.32. The molecule has 0 aliphatic carbocycles. The molecule has 0 unspecified atom stereocenters. The van der Waals surface area contributed by atoms with Gasteiger partial charge in [-0.25, -0.2) is 0 Å². The number of fused-ring (bicyclic) bond motifs is 1. The van der Waals surface area contributed by atoms with Gasteiger partial charge in [0, 0.05) is 18.5 Å². The van der Waals surface area contributed by atoms with E-state index in [2.05, 4.69) is 0 Å². The van der Waals surface area contributed by atoms with E-state index in [-0.39, 0.29) is 12.4 Å². The molecule has 0 saturated heterocycles. The van der Waals surface area contributed by atoms with Gasteiger partial charge in [0.25, 0.3) is 5.56 Å². The number of nitrogens with zero attached hydrogens (tertiary/aromatic N) is 1. The van der Waals surface area contributed by atoms with Crippen molar-refractivity contribution in [2.75, 3.05) is 0 Å². The number of ether oxygens (including phenoxy) is 2. The summed E-state index contributed by atoms with van der Waals surface area (Å²) >= 11 is 0. The molecular formula is C24H21NO4. The highest BCUT2D eigenvalue weighted by atomic mass is 16.5. The SMILES string of the molecule is Cn1c(=O)c(O)c(OCc2ccccc2)c2ccc(OCc3ccccc3)cc21. The number of aromatic hydroxyl groups is 1. The molecule has 1 N–H and O–H groups in total. The van der Waals surface area contributed by atoms with Crippen LogP contribution in [0.1, 0.15) is 11.1 Å². The smallest absolute Gasteiger partial charge is 0.296 e. The number of aryl methyl sites for hydroxylation is 1. The van der Waals surface area contributed by atoms with Gasteiger partial charge in [-0.15, -0.1) is 0 Å². The molecule has 4 rings (SSSR count). The summed E-state index contributed by atoms with van der Waals surface area (Å²) in [4.78, 5) is 12.5. The van der Waals surface area contributed by atoms with Crippen molar-refractivity contribution in [3.63, 3.8) is 0 Å². The first-order chi connectivity index (χ1) is 14.1. The molecule has 0 radical (unpaired) electrons. The molecule has 5 nitrogen and oxygen atoms in total. The Bertz CT molecular complexity index is 1180. The van der Waals surface area contributed by atoms with Crippen molar-refractivity contribution in [2.45, 2.75) is 13.2 Å². The Kier molecular flexibility index (Phi) is 5.20. The first kappa shape index (κ1) is 18.6. The Hall–Kier alpha value is -3.73. The fourth-order valence-electron chi connectivity index (χ4n) is 3.18. The van der Waals surface area contributed by atoms with E-state index in [1.54, 1.807) is 19.2 Å². The quantitative estimate of drug-likeness (QED) is 0.533. The van der Waals surface area contributed by atoms with E-state index in [0.29, 0.717) is 23.3 Å². The molecule has 0 aliphatic rings. The zero-order chi connectivity index (χ0) is 20.2. The lowest BCUT2D eigenvalue weighted by Gasteiger charge is -2.15. The minimum atomic E-state index is -0.513. The van der Waals surface area contributed by atoms with Gasteiger partial charge in [-0.05, 0) is 23.3 Å². The maximum Gasteiger partial charge on any atom is 0.296 e. The monoisotopic (exact) mass is 387 g/mol. The lowest BCUT2D eigenvalue weighted by atomic mass is 10.1. The molecule has 146 valence electrons. The van der Waals surface area contributed by atoms with Gasteiger partial charge in [0.15, 0.2) is 5.75 Å². The Labute approximate surface area is 168 Å². The van der Waals surface area contributed by atoms with E-state index in [0.717, 1.165) is 11.1 Å². The molecule has 0 saturated carbocycles. The number of benzene rings is 3. The van der Waals surface area contributed by atoms with Crippen LogP contribution < -0.4 is 15.0 Å². The van der Waals surface area contributed by atoms with Crippen LogP contribution in [0, 0.1) is 0 Å². The summed E-state index contributed by atoms with van der Waals surface area (Å²) in [7, 11) is 1.62. The zero-order valence-electron chi connectivity index (χ0n) is 16.0. The third kappa shape index (κ3) is 3.94. The summed E-state index contributed by atoms with van der Waals surface area (Å²) in [6, 6.07) is 24.9. The highest BCUT2D eigenvalue weighted by molar-refractivity contribution is 5.88. The highest BCUT2D eigenvalue weighted by Crippen LogP contribution is 2.34. The topological polar surface area (TPSA) is 60.7 Å². The Balaban J connectivity index is 1.66. The largest absolute Gasteiger partial charge is 0.500 e. The Morgan fingerprint density at radius 2 is 1.41 bits per heavy atom. The van der Waals surface area contributed by atoms with E-state index < -0.39 is 11.3 Å². The van der Waals surface area contributed by atoms with E-state index in [4.69, 9.17) is 9.47 Å². The highest BCUT2D eigenvalue weighted by Gasteiger charge is 2.17. The summed E-state index contributed by atoms with van der Waals surface area (Å²) < 4.78 is 13.1. The van der Waals surface area contributed by atoms with Crippen LogP contribution in [-0.4, -0.2) is 9.67 Å². The van der Waals surface area contributed by atoms with E-state index in [9.17, 15) is 9.90 Å². The average Bonchev–Trinajstić information content (AvgIpc) is 2.77.